The zero-order valence-electron chi connectivity index (χ0n) is 23.3. The highest BCUT2D eigenvalue weighted by molar-refractivity contribution is 14.1. The predicted octanol–water partition coefficient (Wildman–Crippen LogP) is 2.40. The third-order valence-corrected chi connectivity index (χ3v) is 8.75. The molecule has 1 aliphatic rings. The van der Waals surface area contributed by atoms with Gasteiger partial charge < -0.3 is 25.2 Å². The fraction of sp³-hybridized carbons (Fsp3) is 0.444. The number of nitrogens with zero attached hydrogens (tertiary/aromatic N) is 3. The number of carbonyl (C=O) groups is 3. The van der Waals surface area contributed by atoms with Crippen LogP contribution in [0.1, 0.15) is 26.3 Å². The molecule has 0 aromatic heterocycles. The third-order valence-electron chi connectivity index (χ3n) is 6.11. The van der Waals surface area contributed by atoms with Gasteiger partial charge in [-0.05, 0) is 85.3 Å². The van der Waals surface area contributed by atoms with Gasteiger partial charge in [-0.25, -0.2) is 13.2 Å². The number of nitrogens with one attached hydrogen (secondary N) is 2. The number of amides is 3. The molecule has 13 heteroatoms. The fourth-order valence-electron chi connectivity index (χ4n) is 4.03. The Kier molecular flexibility index (Phi) is 10.4. The summed E-state index contributed by atoms with van der Waals surface area (Å²) in [5.74, 6) is -0.974. The molecule has 0 radical (unpaired) electrons. The molecule has 1 fully saturated rings. The molecule has 0 bridgehead atoms. The summed E-state index contributed by atoms with van der Waals surface area (Å²) in [6, 6.07) is 12.8. The quantitative estimate of drug-likeness (QED) is 0.409. The molecule has 0 spiro atoms. The van der Waals surface area contributed by atoms with E-state index in [2.05, 4.69) is 33.2 Å². The molecule has 1 heterocycles. The topological polar surface area (TPSA) is 128 Å². The molecule has 0 saturated carbocycles. The van der Waals surface area contributed by atoms with Crippen LogP contribution in [0.25, 0.3) is 0 Å². The molecule has 3 amide bonds. The van der Waals surface area contributed by atoms with Crippen LogP contribution in [-0.2, 0) is 30.9 Å². The van der Waals surface area contributed by atoms with Crippen LogP contribution >= 0.6 is 22.6 Å². The van der Waals surface area contributed by atoms with Gasteiger partial charge in [-0.3, -0.25) is 9.59 Å². The Morgan fingerprint density at radius 1 is 1.00 bits per heavy atom. The lowest BCUT2D eigenvalue weighted by Crippen LogP contribution is -2.62. The summed E-state index contributed by atoms with van der Waals surface area (Å²) in [7, 11) is -0.172. The number of carbonyl (C=O) groups excluding carboxylic acids is 3. The van der Waals surface area contributed by atoms with E-state index >= 15 is 0 Å². The Balaban J connectivity index is 1.77. The second-order valence-corrected chi connectivity index (χ2v) is 13.7. The number of hydrogen-bond donors (Lipinski definition) is 2. The number of piperazine rings is 1. The average Bonchev–Trinajstić information content (AvgIpc) is 2.89. The normalized spacial score (nSPS) is 16.2. The lowest BCUT2D eigenvalue weighted by atomic mass is 10.1. The molecular formula is C27H36IN5O6S. The highest BCUT2D eigenvalue weighted by Gasteiger charge is 2.41. The second-order valence-electron chi connectivity index (χ2n) is 10.6. The molecular weight excluding hydrogens is 649 g/mol. The molecule has 1 saturated heterocycles. The Bertz CT molecular complexity index is 1310. The van der Waals surface area contributed by atoms with Crippen LogP contribution < -0.4 is 15.5 Å². The monoisotopic (exact) mass is 685 g/mol. The summed E-state index contributed by atoms with van der Waals surface area (Å²) >= 11 is 2.09. The molecule has 11 nitrogen and oxygen atoms in total. The maximum absolute atomic E-state index is 13.6. The van der Waals surface area contributed by atoms with Gasteiger partial charge in [-0.15, -0.1) is 0 Å². The number of rotatable bonds is 8. The van der Waals surface area contributed by atoms with E-state index in [1.54, 1.807) is 32.9 Å². The minimum absolute atomic E-state index is 0.0637. The third kappa shape index (κ3) is 8.54. The largest absolute Gasteiger partial charge is 0.444 e. The van der Waals surface area contributed by atoms with Crippen LogP contribution in [0.5, 0.6) is 0 Å². The molecule has 1 unspecified atom stereocenters. The van der Waals surface area contributed by atoms with Gasteiger partial charge in [0.15, 0.2) is 0 Å². The zero-order chi connectivity index (χ0) is 29.7. The highest BCUT2D eigenvalue weighted by atomic mass is 127. The van der Waals surface area contributed by atoms with E-state index in [9.17, 15) is 22.8 Å². The summed E-state index contributed by atoms with van der Waals surface area (Å²) in [5, 5.41) is 5.25. The fourth-order valence-corrected chi connectivity index (χ4v) is 5.96. The maximum Gasteiger partial charge on any atom is 0.408 e. The van der Waals surface area contributed by atoms with Gasteiger partial charge in [0, 0.05) is 49.5 Å². The summed E-state index contributed by atoms with van der Waals surface area (Å²) in [4.78, 5) is 41.8. The minimum Gasteiger partial charge on any atom is -0.444 e. The van der Waals surface area contributed by atoms with Gasteiger partial charge in [0.1, 0.15) is 18.2 Å². The number of benzene rings is 2. The van der Waals surface area contributed by atoms with Crippen LogP contribution in [-0.4, -0.2) is 87.4 Å². The van der Waals surface area contributed by atoms with Crippen molar-refractivity contribution in [1.29, 1.82) is 0 Å². The lowest BCUT2D eigenvalue weighted by Gasteiger charge is -2.39. The van der Waals surface area contributed by atoms with Crippen molar-refractivity contribution in [2.45, 2.75) is 43.9 Å². The molecule has 0 aliphatic carbocycles. The Morgan fingerprint density at radius 2 is 1.62 bits per heavy atom. The van der Waals surface area contributed by atoms with Crippen LogP contribution in [0.3, 0.4) is 0 Å². The van der Waals surface area contributed by atoms with Gasteiger partial charge in [-0.1, -0.05) is 12.1 Å². The maximum atomic E-state index is 13.6. The van der Waals surface area contributed by atoms with E-state index < -0.39 is 39.6 Å². The molecule has 3 rings (SSSR count). The van der Waals surface area contributed by atoms with Gasteiger partial charge in [0.25, 0.3) is 0 Å². The van der Waals surface area contributed by atoms with Crippen molar-refractivity contribution in [1.82, 2.24) is 19.8 Å². The van der Waals surface area contributed by atoms with Crippen LogP contribution in [0.4, 0.5) is 10.5 Å². The number of hydrogen-bond acceptors (Lipinski definition) is 7. The van der Waals surface area contributed by atoms with Crippen LogP contribution in [0, 0.1) is 3.57 Å². The number of anilines is 1. The number of sulfonamides is 1. The molecule has 2 N–H and O–H groups in total. The second kappa shape index (κ2) is 13.2. The number of alkyl carbamates (subject to hydrolysis) is 1. The molecule has 2 aromatic carbocycles. The van der Waals surface area contributed by atoms with E-state index in [4.69, 9.17) is 4.74 Å². The molecule has 40 heavy (non-hydrogen) atoms. The van der Waals surface area contributed by atoms with Crippen LogP contribution in [0.15, 0.2) is 53.4 Å². The zero-order valence-corrected chi connectivity index (χ0v) is 26.3. The van der Waals surface area contributed by atoms with Crippen molar-refractivity contribution in [3.05, 3.63) is 57.7 Å². The van der Waals surface area contributed by atoms with Crippen molar-refractivity contribution in [3.63, 3.8) is 0 Å². The molecule has 2 aromatic rings. The van der Waals surface area contributed by atoms with E-state index in [-0.39, 0.29) is 37.6 Å². The SMILES string of the molecule is CN(C)c1ccc(CNC(=O)C2CN(C(=O)CNC(=O)OC(C)(C)C)CCN2S(=O)(=O)c2ccc(I)cc2)cc1. The van der Waals surface area contributed by atoms with Crippen molar-refractivity contribution in [3.8, 4) is 0 Å². The van der Waals surface area contributed by atoms with Crippen molar-refractivity contribution in [2.75, 3.05) is 45.2 Å². The predicted molar refractivity (Wildman–Crippen MR) is 160 cm³/mol. The van der Waals surface area contributed by atoms with Crippen molar-refractivity contribution in [2.24, 2.45) is 0 Å². The Morgan fingerprint density at radius 3 is 2.20 bits per heavy atom. The smallest absolute Gasteiger partial charge is 0.408 e. The number of halogens is 1. The lowest BCUT2D eigenvalue weighted by molar-refractivity contribution is -0.135. The first-order valence-corrected chi connectivity index (χ1v) is 15.3. The summed E-state index contributed by atoms with van der Waals surface area (Å²) in [6.07, 6.45) is -0.740. The summed E-state index contributed by atoms with van der Waals surface area (Å²) in [5.41, 5.74) is 1.13. The molecule has 1 atom stereocenters. The van der Waals surface area contributed by atoms with Gasteiger partial charge >= 0.3 is 6.09 Å². The Hall–Kier alpha value is -2.91. The van der Waals surface area contributed by atoms with Crippen molar-refractivity contribution < 1.29 is 27.5 Å². The first-order chi connectivity index (χ1) is 18.7. The Labute approximate surface area is 249 Å². The van der Waals surface area contributed by atoms with Gasteiger partial charge in [-0.2, -0.15) is 4.31 Å². The summed E-state index contributed by atoms with van der Waals surface area (Å²) < 4.78 is 34.3. The van der Waals surface area contributed by atoms with E-state index in [0.29, 0.717) is 0 Å². The van der Waals surface area contributed by atoms with E-state index in [1.165, 1.54) is 17.0 Å². The standard InChI is InChI=1S/C27H36IN5O6S/c1-27(2,3)39-26(36)30-17-24(34)32-14-15-33(40(37,38)22-12-8-20(28)9-13-22)23(18-32)25(35)29-16-19-6-10-21(11-7-19)31(4)5/h6-13,23H,14-18H2,1-5H3,(H,29,35)(H,30,36). The van der Waals surface area contributed by atoms with E-state index in [0.717, 1.165) is 19.1 Å². The van der Waals surface area contributed by atoms with Crippen LogP contribution in [0.2, 0.25) is 0 Å². The summed E-state index contributed by atoms with van der Waals surface area (Å²) in [6.45, 7) is 4.80. The number of ether oxygens (including phenoxy) is 1. The van der Waals surface area contributed by atoms with Gasteiger partial charge in [0.2, 0.25) is 21.8 Å². The first-order valence-electron chi connectivity index (χ1n) is 12.7. The molecule has 218 valence electrons. The molecule has 1 aliphatic heterocycles. The minimum atomic E-state index is -4.03. The van der Waals surface area contributed by atoms with E-state index in [1.807, 2.05) is 43.3 Å². The highest BCUT2D eigenvalue weighted by Crippen LogP contribution is 2.23. The van der Waals surface area contributed by atoms with Gasteiger partial charge in [0.05, 0.1) is 4.90 Å². The first kappa shape index (κ1) is 31.6. The van der Waals surface area contributed by atoms with Crippen molar-refractivity contribution >= 4 is 56.2 Å². The average molecular weight is 686 g/mol.